The molecule has 1 N–H and O–H groups in total. The van der Waals surface area contributed by atoms with Gasteiger partial charge in [0.15, 0.2) is 0 Å². The van der Waals surface area contributed by atoms with Gasteiger partial charge in [0.1, 0.15) is 5.54 Å². The first-order valence-corrected chi connectivity index (χ1v) is 7.30. The Morgan fingerprint density at radius 3 is 2.44 bits per heavy atom. The summed E-state index contributed by atoms with van der Waals surface area (Å²) in [6.07, 6.45) is 5.65. The van der Waals surface area contributed by atoms with Crippen LogP contribution in [-0.2, 0) is 4.74 Å². The summed E-state index contributed by atoms with van der Waals surface area (Å²) >= 11 is 0. The van der Waals surface area contributed by atoms with Crippen LogP contribution in [0.1, 0.15) is 32.6 Å². The minimum Gasteiger partial charge on any atom is -0.372 e. The second-order valence-electron chi connectivity index (χ2n) is 6.04. The number of rotatable bonds is 5. The Morgan fingerprint density at radius 1 is 1.28 bits per heavy atom. The van der Waals surface area contributed by atoms with Crippen LogP contribution in [0.4, 0.5) is 0 Å². The molecule has 0 aromatic carbocycles. The van der Waals surface area contributed by atoms with Gasteiger partial charge < -0.3 is 4.74 Å². The Labute approximate surface area is 109 Å². The minimum atomic E-state index is -0.314. The maximum Gasteiger partial charge on any atom is 0.122 e. The van der Waals surface area contributed by atoms with E-state index in [9.17, 15) is 5.26 Å². The summed E-state index contributed by atoms with van der Waals surface area (Å²) in [6, 6.07) is 2.58. The summed E-state index contributed by atoms with van der Waals surface area (Å²) in [4.78, 5) is 2.45. The maximum absolute atomic E-state index is 9.63. The zero-order valence-electron chi connectivity index (χ0n) is 11.2. The van der Waals surface area contributed by atoms with Crippen molar-refractivity contribution in [3.63, 3.8) is 0 Å². The SMILES string of the molecule is CCNC(C#N)(CN1CC2CCC(C1)O2)C1CC1. The van der Waals surface area contributed by atoms with Gasteiger partial charge in [0.25, 0.3) is 0 Å². The van der Waals surface area contributed by atoms with Crippen LogP contribution in [0.15, 0.2) is 0 Å². The van der Waals surface area contributed by atoms with Crippen LogP contribution in [0.5, 0.6) is 0 Å². The summed E-state index contributed by atoms with van der Waals surface area (Å²) in [5.74, 6) is 0.558. The number of fused-ring (bicyclic) bond motifs is 2. The highest BCUT2D eigenvalue weighted by Crippen LogP contribution is 2.40. The van der Waals surface area contributed by atoms with Gasteiger partial charge in [0.2, 0.25) is 0 Å². The van der Waals surface area contributed by atoms with Gasteiger partial charge in [-0.05, 0) is 38.1 Å². The molecule has 3 atom stereocenters. The number of nitrogens with one attached hydrogen (secondary N) is 1. The maximum atomic E-state index is 9.63. The molecule has 18 heavy (non-hydrogen) atoms. The van der Waals surface area contributed by atoms with E-state index in [0.29, 0.717) is 18.1 Å². The molecule has 1 aliphatic carbocycles. The van der Waals surface area contributed by atoms with Crippen LogP contribution < -0.4 is 5.32 Å². The number of likely N-dealkylation sites (N-methyl/N-ethyl adjacent to an activating group) is 1. The topological polar surface area (TPSA) is 48.3 Å². The van der Waals surface area contributed by atoms with Crippen molar-refractivity contribution in [3.8, 4) is 6.07 Å². The lowest BCUT2D eigenvalue weighted by molar-refractivity contribution is -0.0443. The fraction of sp³-hybridized carbons (Fsp3) is 0.929. The quantitative estimate of drug-likeness (QED) is 0.793. The standard InChI is InChI=1S/C14H23N3O/c1-2-16-14(9-15,11-3-4-11)10-17-7-12-5-6-13(8-17)18-12/h11-13,16H,2-8,10H2,1H3. The van der Waals surface area contributed by atoms with Crippen LogP contribution in [-0.4, -0.2) is 48.8 Å². The monoisotopic (exact) mass is 249 g/mol. The third kappa shape index (κ3) is 2.27. The summed E-state index contributed by atoms with van der Waals surface area (Å²) in [5, 5.41) is 13.1. The lowest BCUT2D eigenvalue weighted by atomic mass is 9.93. The molecule has 0 radical (unpaired) electrons. The number of nitrogens with zero attached hydrogens (tertiary/aromatic N) is 2. The Hall–Kier alpha value is -0.630. The third-order valence-corrected chi connectivity index (χ3v) is 4.56. The summed E-state index contributed by atoms with van der Waals surface area (Å²) in [7, 11) is 0. The molecule has 2 aliphatic heterocycles. The number of likely N-dealkylation sites (tertiary alicyclic amines) is 1. The highest BCUT2D eigenvalue weighted by atomic mass is 16.5. The first-order valence-electron chi connectivity index (χ1n) is 7.30. The van der Waals surface area contributed by atoms with E-state index in [1.807, 2.05) is 0 Å². The molecular weight excluding hydrogens is 226 g/mol. The van der Waals surface area contributed by atoms with Crippen molar-refractivity contribution < 1.29 is 4.74 Å². The molecule has 0 aromatic heterocycles. The van der Waals surface area contributed by atoms with Crippen LogP contribution in [0, 0.1) is 17.2 Å². The zero-order valence-corrected chi connectivity index (χ0v) is 11.2. The molecule has 3 rings (SSSR count). The van der Waals surface area contributed by atoms with Gasteiger partial charge >= 0.3 is 0 Å². The summed E-state index contributed by atoms with van der Waals surface area (Å²) < 4.78 is 5.87. The molecular formula is C14H23N3O. The predicted octanol–water partition coefficient (Wildman–Crippen LogP) is 1.13. The lowest BCUT2D eigenvalue weighted by Gasteiger charge is -2.38. The Kier molecular flexibility index (Phi) is 3.31. The van der Waals surface area contributed by atoms with Crippen LogP contribution in [0.25, 0.3) is 0 Å². The second-order valence-corrected chi connectivity index (χ2v) is 6.04. The molecule has 0 spiro atoms. The van der Waals surface area contributed by atoms with E-state index in [1.165, 1.54) is 25.7 Å². The molecule has 2 bridgehead atoms. The molecule has 3 aliphatic rings. The van der Waals surface area contributed by atoms with Gasteiger partial charge in [0.05, 0.1) is 18.3 Å². The molecule has 100 valence electrons. The molecule has 4 nitrogen and oxygen atoms in total. The normalized spacial score (nSPS) is 35.1. The number of nitriles is 1. The minimum absolute atomic E-state index is 0.314. The molecule has 0 aromatic rings. The zero-order chi connectivity index (χ0) is 12.6. The van der Waals surface area contributed by atoms with Crippen molar-refractivity contribution in [2.75, 3.05) is 26.2 Å². The largest absolute Gasteiger partial charge is 0.372 e. The van der Waals surface area contributed by atoms with Crippen LogP contribution >= 0.6 is 0 Å². The van der Waals surface area contributed by atoms with Crippen molar-refractivity contribution in [1.82, 2.24) is 10.2 Å². The van der Waals surface area contributed by atoms with E-state index in [-0.39, 0.29) is 5.54 Å². The van der Waals surface area contributed by atoms with E-state index in [1.54, 1.807) is 0 Å². The average molecular weight is 249 g/mol. The number of ether oxygens (including phenoxy) is 1. The van der Waals surface area contributed by atoms with Gasteiger partial charge in [-0.1, -0.05) is 6.92 Å². The lowest BCUT2D eigenvalue weighted by Crippen LogP contribution is -2.57. The average Bonchev–Trinajstić information content (AvgIpc) is 3.16. The van der Waals surface area contributed by atoms with Crippen molar-refractivity contribution >= 4 is 0 Å². The first-order chi connectivity index (χ1) is 8.75. The molecule has 2 heterocycles. The molecule has 3 fully saturated rings. The van der Waals surface area contributed by atoms with E-state index in [4.69, 9.17) is 4.74 Å². The Morgan fingerprint density at radius 2 is 1.94 bits per heavy atom. The smallest absolute Gasteiger partial charge is 0.122 e. The van der Waals surface area contributed by atoms with Gasteiger partial charge in [-0.2, -0.15) is 5.26 Å². The van der Waals surface area contributed by atoms with E-state index >= 15 is 0 Å². The highest BCUT2D eigenvalue weighted by Gasteiger charge is 2.47. The fourth-order valence-electron chi connectivity index (χ4n) is 3.57. The number of hydrogen-bond acceptors (Lipinski definition) is 4. The van der Waals surface area contributed by atoms with E-state index in [0.717, 1.165) is 26.2 Å². The first kappa shape index (κ1) is 12.4. The van der Waals surface area contributed by atoms with Crippen molar-refractivity contribution in [1.29, 1.82) is 5.26 Å². The van der Waals surface area contributed by atoms with Crippen molar-refractivity contribution in [2.24, 2.45) is 5.92 Å². The van der Waals surface area contributed by atoms with Gasteiger partial charge in [-0.15, -0.1) is 0 Å². The van der Waals surface area contributed by atoms with E-state index < -0.39 is 0 Å². The summed E-state index contributed by atoms with van der Waals surface area (Å²) in [5.41, 5.74) is -0.314. The van der Waals surface area contributed by atoms with E-state index in [2.05, 4.69) is 23.2 Å². The van der Waals surface area contributed by atoms with Crippen LogP contribution in [0.3, 0.4) is 0 Å². The molecule has 1 saturated carbocycles. The molecule has 0 amide bonds. The van der Waals surface area contributed by atoms with Gasteiger partial charge in [-0.3, -0.25) is 10.2 Å². The highest BCUT2D eigenvalue weighted by molar-refractivity contribution is 5.17. The van der Waals surface area contributed by atoms with Gasteiger partial charge in [-0.25, -0.2) is 0 Å². The fourth-order valence-corrected chi connectivity index (χ4v) is 3.57. The molecule has 2 saturated heterocycles. The Balaban J connectivity index is 1.67. The van der Waals surface area contributed by atoms with Crippen molar-refractivity contribution in [2.45, 2.75) is 50.4 Å². The van der Waals surface area contributed by atoms with Crippen LogP contribution in [0.2, 0.25) is 0 Å². The number of morpholine rings is 1. The predicted molar refractivity (Wildman–Crippen MR) is 69.1 cm³/mol. The summed E-state index contributed by atoms with van der Waals surface area (Å²) in [6.45, 7) is 5.87. The molecule has 4 heteroatoms. The van der Waals surface area contributed by atoms with Gasteiger partial charge in [0, 0.05) is 19.6 Å². The van der Waals surface area contributed by atoms with Crippen molar-refractivity contribution in [3.05, 3.63) is 0 Å². The number of hydrogen-bond donors (Lipinski definition) is 1. The second kappa shape index (κ2) is 4.80. The Bertz CT molecular complexity index is 337. The molecule has 3 unspecified atom stereocenters. The third-order valence-electron chi connectivity index (χ3n) is 4.56.